The van der Waals surface area contributed by atoms with Gasteiger partial charge in [-0.1, -0.05) is 20.8 Å². The normalized spacial score (nSPS) is 11.9. The molecule has 1 heterocycles. The third-order valence-electron chi connectivity index (χ3n) is 2.58. The lowest BCUT2D eigenvalue weighted by Crippen LogP contribution is -2.34. The fourth-order valence-corrected chi connectivity index (χ4v) is 3.80. The zero-order chi connectivity index (χ0) is 13.2. The van der Waals surface area contributed by atoms with Crippen molar-refractivity contribution in [1.82, 2.24) is 14.5 Å². The number of H-pyrrole nitrogens is 1. The van der Waals surface area contributed by atoms with Crippen LogP contribution in [0.1, 0.15) is 32.2 Å². The molecular formula is C11H22ClN3O2S. The Kier molecular flexibility index (Phi) is 6.33. The molecule has 0 aromatic carbocycles. The van der Waals surface area contributed by atoms with Gasteiger partial charge in [-0.3, -0.25) is 5.10 Å². The van der Waals surface area contributed by atoms with E-state index in [1.54, 1.807) is 13.8 Å². The fourth-order valence-electron chi connectivity index (χ4n) is 1.85. The van der Waals surface area contributed by atoms with Crippen molar-refractivity contribution in [3.63, 3.8) is 0 Å². The van der Waals surface area contributed by atoms with Crippen molar-refractivity contribution in [3.05, 3.63) is 11.4 Å². The Bertz CT molecular complexity index is 463. The number of nitrogens with one attached hydrogen (secondary N) is 1. The Balaban J connectivity index is 0.00000289. The molecule has 1 aromatic rings. The number of hydrogen-bond acceptors (Lipinski definition) is 3. The van der Waals surface area contributed by atoms with Gasteiger partial charge in [-0.05, 0) is 19.8 Å². The minimum Gasteiger partial charge on any atom is -0.281 e. The van der Waals surface area contributed by atoms with Crippen LogP contribution >= 0.6 is 12.4 Å². The molecule has 0 bridgehead atoms. The highest BCUT2D eigenvalue weighted by atomic mass is 35.5. The van der Waals surface area contributed by atoms with E-state index in [-0.39, 0.29) is 12.4 Å². The second kappa shape index (κ2) is 6.54. The largest absolute Gasteiger partial charge is 0.281 e. The number of nitrogens with zero attached hydrogens (tertiary/aromatic N) is 2. The van der Waals surface area contributed by atoms with Gasteiger partial charge in [0.25, 0.3) is 0 Å². The standard InChI is InChI=1S/C11H21N3O2S.ClH/c1-6-14(7-8(2)3)17(15,16)11-9(4)12-13-10(11)5;/h8H,6-7H2,1-5H3,(H,12,13);1H. The number of aromatic amines is 1. The zero-order valence-electron chi connectivity index (χ0n) is 11.5. The molecular weight excluding hydrogens is 274 g/mol. The summed E-state index contributed by atoms with van der Waals surface area (Å²) in [7, 11) is -3.42. The van der Waals surface area contributed by atoms with E-state index in [1.807, 2.05) is 20.8 Å². The molecule has 5 nitrogen and oxygen atoms in total. The van der Waals surface area contributed by atoms with Crippen molar-refractivity contribution in [2.75, 3.05) is 13.1 Å². The first-order valence-electron chi connectivity index (χ1n) is 5.82. The maximum atomic E-state index is 12.5. The molecule has 1 rings (SSSR count). The number of aromatic nitrogens is 2. The second-order valence-electron chi connectivity index (χ2n) is 4.61. The summed E-state index contributed by atoms with van der Waals surface area (Å²) in [5.41, 5.74) is 1.13. The van der Waals surface area contributed by atoms with E-state index in [9.17, 15) is 8.42 Å². The Labute approximate surface area is 115 Å². The van der Waals surface area contributed by atoms with Gasteiger partial charge in [0.15, 0.2) is 0 Å². The Morgan fingerprint density at radius 1 is 1.33 bits per heavy atom. The van der Waals surface area contributed by atoms with Crippen LogP contribution in [0.3, 0.4) is 0 Å². The number of halogens is 1. The average Bonchev–Trinajstić information content (AvgIpc) is 2.54. The minimum absolute atomic E-state index is 0. The zero-order valence-corrected chi connectivity index (χ0v) is 13.2. The predicted octanol–water partition coefficient (Wildman–Crippen LogP) is 2.11. The molecule has 0 saturated heterocycles. The van der Waals surface area contributed by atoms with Gasteiger partial charge in [0.05, 0.1) is 11.4 Å². The van der Waals surface area contributed by atoms with Crippen LogP contribution in [0.15, 0.2) is 4.90 Å². The van der Waals surface area contributed by atoms with E-state index in [0.717, 1.165) is 0 Å². The molecule has 0 amide bonds. The maximum Gasteiger partial charge on any atom is 0.246 e. The van der Waals surface area contributed by atoms with Crippen LogP contribution in [0.25, 0.3) is 0 Å². The van der Waals surface area contributed by atoms with E-state index >= 15 is 0 Å². The summed E-state index contributed by atoms with van der Waals surface area (Å²) in [4.78, 5) is 0.319. The summed E-state index contributed by atoms with van der Waals surface area (Å²) < 4.78 is 26.4. The van der Waals surface area contributed by atoms with Crippen LogP contribution in [-0.2, 0) is 10.0 Å². The van der Waals surface area contributed by atoms with Crippen molar-refractivity contribution in [2.45, 2.75) is 39.5 Å². The first kappa shape index (κ1) is 17.4. The van der Waals surface area contributed by atoms with Crippen LogP contribution in [0, 0.1) is 19.8 Å². The molecule has 1 N–H and O–H groups in total. The smallest absolute Gasteiger partial charge is 0.246 e. The molecule has 0 aliphatic carbocycles. The van der Waals surface area contributed by atoms with E-state index in [1.165, 1.54) is 4.31 Å². The van der Waals surface area contributed by atoms with Gasteiger partial charge >= 0.3 is 0 Å². The number of aryl methyl sites for hydroxylation is 2. The highest BCUT2D eigenvalue weighted by Gasteiger charge is 2.28. The van der Waals surface area contributed by atoms with Gasteiger partial charge in [-0.2, -0.15) is 9.40 Å². The summed E-state index contributed by atoms with van der Waals surface area (Å²) in [5, 5.41) is 6.67. The van der Waals surface area contributed by atoms with Gasteiger partial charge in [-0.15, -0.1) is 12.4 Å². The van der Waals surface area contributed by atoms with E-state index < -0.39 is 10.0 Å². The molecule has 1 aromatic heterocycles. The first-order valence-corrected chi connectivity index (χ1v) is 7.26. The minimum atomic E-state index is -3.42. The van der Waals surface area contributed by atoms with E-state index in [4.69, 9.17) is 0 Å². The SMILES string of the molecule is CCN(CC(C)C)S(=O)(=O)c1c(C)n[nH]c1C.Cl. The quantitative estimate of drug-likeness (QED) is 0.905. The van der Waals surface area contributed by atoms with Gasteiger partial charge in [0, 0.05) is 13.1 Å². The van der Waals surface area contributed by atoms with Gasteiger partial charge in [0.2, 0.25) is 10.0 Å². The Morgan fingerprint density at radius 3 is 2.22 bits per heavy atom. The van der Waals surface area contributed by atoms with Crippen LogP contribution < -0.4 is 0 Å². The highest BCUT2D eigenvalue weighted by Crippen LogP contribution is 2.22. The van der Waals surface area contributed by atoms with Crippen molar-refractivity contribution >= 4 is 22.4 Å². The summed E-state index contributed by atoms with van der Waals surface area (Å²) in [6.07, 6.45) is 0. The Hall–Kier alpha value is -0.590. The van der Waals surface area contributed by atoms with Crippen LogP contribution in [-0.4, -0.2) is 36.0 Å². The molecule has 0 atom stereocenters. The van der Waals surface area contributed by atoms with Gasteiger partial charge < -0.3 is 0 Å². The second-order valence-corrected chi connectivity index (χ2v) is 6.49. The monoisotopic (exact) mass is 295 g/mol. The maximum absolute atomic E-state index is 12.5. The molecule has 0 saturated carbocycles. The third kappa shape index (κ3) is 3.46. The summed E-state index contributed by atoms with van der Waals surface area (Å²) in [6, 6.07) is 0. The summed E-state index contributed by atoms with van der Waals surface area (Å²) >= 11 is 0. The van der Waals surface area contributed by atoms with Crippen molar-refractivity contribution in [1.29, 1.82) is 0 Å². The topological polar surface area (TPSA) is 66.1 Å². The molecule has 0 aliphatic rings. The lowest BCUT2D eigenvalue weighted by molar-refractivity contribution is 0.380. The van der Waals surface area contributed by atoms with Gasteiger partial charge in [0.1, 0.15) is 4.90 Å². The molecule has 0 aliphatic heterocycles. The van der Waals surface area contributed by atoms with Crippen molar-refractivity contribution in [3.8, 4) is 0 Å². The number of rotatable bonds is 5. The molecule has 7 heteroatoms. The fraction of sp³-hybridized carbons (Fsp3) is 0.727. The van der Waals surface area contributed by atoms with E-state index in [2.05, 4.69) is 10.2 Å². The molecule has 18 heavy (non-hydrogen) atoms. The predicted molar refractivity (Wildman–Crippen MR) is 74.6 cm³/mol. The third-order valence-corrected chi connectivity index (χ3v) is 4.78. The van der Waals surface area contributed by atoms with Crippen LogP contribution in [0.4, 0.5) is 0 Å². The summed E-state index contributed by atoms with van der Waals surface area (Å²) in [6.45, 7) is 10.3. The lowest BCUT2D eigenvalue weighted by atomic mass is 10.2. The first-order chi connectivity index (χ1) is 7.80. The lowest BCUT2D eigenvalue weighted by Gasteiger charge is -2.22. The molecule has 0 radical (unpaired) electrons. The number of hydrogen-bond donors (Lipinski definition) is 1. The molecule has 0 unspecified atom stereocenters. The van der Waals surface area contributed by atoms with Crippen LogP contribution in [0.5, 0.6) is 0 Å². The molecule has 0 spiro atoms. The highest BCUT2D eigenvalue weighted by molar-refractivity contribution is 7.89. The molecule has 106 valence electrons. The van der Waals surface area contributed by atoms with Gasteiger partial charge in [-0.25, -0.2) is 8.42 Å². The van der Waals surface area contributed by atoms with Crippen LogP contribution in [0.2, 0.25) is 0 Å². The number of sulfonamides is 1. The van der Waals surface area contributed by atoms with Crippen molar-refractivity contribution in [2.24, 2.45) is 5.92 Å². The average molecular weight is 296 g/mol. The molecule has 0 fully saturated rings. The Morgan fingerprint density at radius 2 is 1.89 bits per heavy atom. The summed E-state index contributed by atoms with van der Waals surface area (Å²) in [5.74, 6) is 0.303. The van der Waals surface area contributed by atoms with E-state index in [0.29, 0.717) is 35.3 Å². The van der Waals surface area contributed by atoms with Crippen molar-refractivity contribution < 1.29 is 8.42 Å².